The first kappa shape index (κ1) is 10.4. The lowest BCUT2D eigenvalue weighted by atomic mass is 10.1. The molecule has 13 heavy (non-hydrogen) atoms. The summed E-state index contributed by atoms with van der Waals surface area (Å²) < 4.78 is 25.4. The van der Waals surface area contributed by atoms with Gasteiger partial charge >= 0.3 is 0 Å². The summed E-state index contributed by atoms with van der Waals surface area (Å²) in [6.45, 7) is 2.34. The molecule has 1 fully saturated rings. The Labute approximate surface area is 76.9 Å². The van der Waals surface area contributed by atoms with Gasteiger partial charge in [-0.25, -0.2) is 8.78 Å². The zero-order chi connectivity index (χ0) is 9.90. The largest absolute Gasteiger partial charge is 0.342 e. The van der Waals surface area contributed by atoms with Crippen molar-refractivity contribution in [3.8, 4) is 0 Å². The standard InChI is InChI=1S/C9H15F2NO/c1-2-3-8(13)12-6-4-9(10,11)5-7-12/h2-7H2,1H3. The van der Waals surface area contributed by atoms with Crippen molar-refractivity contribution in [1.82, 2.24) is 4.90 Å². The van der Waals surface area contributed by atoms with Gasteiger partial charge in [-0.05, 0) is 6.42 Å². The summed E-state index contributed by atoms with van der Waals surface area (Å²) in [6, 6.07) is 0. The molecule has 1 saturated heterocycles. The van der Waals surface area contributed by atoms with E-state index < -0.39 is 5.92 Å². The molecule has 1 amide bonds. The van der Waals surface area contributed by atoms with Crippen molar-refractivity contribution < 1.29 is 13.6 Å². The van der Waals surface area contributed by atoms with Gasteiger partial charge in [0.1, 0.15) is 0 Å². The molecule has 1 rings (SSSR count). The van der Waals surface area contributed by atoms with Crippen LogP contribution in [0.4, 0.5) is 8.78 Å². The van der Waals surface area contributed by atoms with Crippen molar-refractivity contribution in [3.05, 3.63) is 0 Å². The Morgan fingerprint density at radius 2 is 1.92 bits per heavy atom. The number of carbonyl (C=O) groups excluding carboxylic acids is 1. The van der Waals surface area contributed by atoms with Gasteiger partial charge in [0.25, 0.3) is 5.92 Å². The molecule has 1 heterocycles. The molecule has 0 bridgehead atoms. The minimum Gasteiger partial charge on any atom is -0.342 e. The highest BCUT2D eigenvalue weighted by Gasteiger charge is 2.35. The summed E-state index contributed by atoms with van der Waals surface area (Å²) in [5.74, 6) is -2.54. The van der Waals surface area contributed by atoms with Gasteiger partial charge in [0.2, 0.25) is 5.91 Å². The number of halogens is 2. The van der Waals surface area contributed by atoms with Gasteiger partial charge in [0.15, 0.2) is 0 Å². The van der Waals surface area contributed by atoms with E-state index in [9.17, 15) is 13.6 Å². The van der Waals surface area contributed by atoms with Crippen LogP contribution in [0.1, 0.15) is 32.6 Å². The second-order valence-corrected chi connectivity index (χ2v) is 3.49. The molecule has 0 atom stereocenters. The highest BCUT2D eigenvalue weighted by molar-refractivity contribution is 5.76. The molecule has 0 aliphatic carbocycles. The predicted octanol–water partition coefficient (Wildman–Crippen LogP) is 2.04. The number of carbonyl (C=O) groups is 1. The minimum atomic E-state index is -2.55. The molecule has 0 unspecified atom stereocenters. The fourth-order valence-electron chi connectivity index (χ4n) is 1.46. The van der Waals surface area contributed by atoms with Crippen molar-refractivity contribution in [1.29, 1.82) is 0 Å². The van der Waals surface area contributed by atoms with Crippen LogP contribution in [-0.4, -0.2) is 29.8 Å². The van der Waals surface area contributed by atoms with E-state index >= 15 is 0 Å². The number of piperidine rings is 1. The van der Waals surface area contributed by atoms with Crippen LogP contribution >= 0.6 is 0 Å². The van der Waals surface area contributed by atoms with Crippen molar-refractivity contribution in [2.45, 2.75) is 38.5 Å². The highest BCUT2D eigenvalue weighted by atomic mass is 19.3. The second kappa shape index (κ2) is 4.03. The predicted molar refractivity (Wildman–Crippen MR) is 45.7 cm³/mol. The van der Waals surface area contributed by atoms with E-state index in [4.69, 9.17) is 0 Å². The molecule has 0 saturated carbocycles. The number of nitrogens with zero attached hydrogens (tertiary/aromatic N) is 1. The first-order chi connectivity index (χ1) is 6.05. The Bertz CT molecular complexity index is 184. The Morgan fingerprint density at radius 1 is 1.38 bits per heavy atom. The van der Waals surface area contributed by atoms with Crippen LogP contribution < -0.4 is 0 Å². The average molecular weight is 191 g/mol. The first-order valence-corrected chi connectivity index (χ1v) is 4.71. The third-order valence-corrected chi connectivity index (χ3v) is 2.31. The Hall–Kier alpha value is -0.670. The smallest absolute Gasteiger partial charge is 0.251 e. The van der Waals surface area contributed by atoms with Crippen molar-refractivity contribution in [2.24, 2.45) is 0 Å². The van der Waals surface area contributed by atoms with E-state index in [1.54, 1.807) is 4.90 Å². The number of alkyl halides is 2. The molecular formula is C9H15F2NO. The molecule has 0 aromatic rings. The molecule has 2 nitrogen and oxygen atoms in total. The SMILES string of the molecule is CCCC(=O)N1CCC(F)(F)CC1. The highest BCUT2D eigenvalue weighted by Crippen LogP contribution is 2.27. The summed E-state index contributed by atoms with van der Waals surface area (Å²) in [5.41, 5.74) is 0. The van der Waals surface area contributed by atoms with Crippen LogP contribution in [0.25, 0.3) is 0 Å². The zero-order valence-electron chi connectivity index (χ0n) is 7.85. The third-order valence-electron chi connectivity index (χ3n) is 2.31. The fourth-order valence-corrected chi connectivity index (χ4v) is 1.46. The minimum absolute atomic E-state index is 0.0120. The summed E-state index contributed by atoms with van der Waals surface area (Å²) in [6.07, 6.45) is 0.905. The topological polar surface area (TPSA) is 20.3 Å². The van der Waals surface area contributed by atoms with Gasteiger partial charge in [-0.15, -0.1) is 0 Å². The lowest BCUT2D eigenvalue weighted by molar-refractivity contribution is -0.137. The lowest BCUT2D eigenvalue weighted by Gasteiger charge is -2.31. The van der Waals surface area contributed by atoms with Crippen molar-refractivity contribution in [2.75, 3.05) is 13.1 Å². The van der Waals surface area contributed by atoms with Gasteiger partial charge < -0.3 is 4.90 Å². The Morgan fingerprint density at radius 3 is 2.38 bits per heavy atom. The van der Waals surface area contributed by atoms with Gasteiger partial charge in [-0.1, -0.05) is 6.92 Å². The van der Waals surface area contributed by atoms with E-state index in [1.807, 2.05) is 6.92 Å². The van der Waals surface area contributed by atoms with Crippen LogP contribution in [0.2, 0.25) is 0 Å². The van der Waals surface area contributed by atoms with Crippen LogP contribution in [0, 0.1) is 0 Å². The Balaban J connectivity index is 2.36. The number of rotatable bonds is 2. The normalized spacial score (nSPS) is 21.6. The first-order valence-electron chi connectivity index (χ1n) is 4.71. The van der Waals surface area contributed by atoms with Crippen LogP contribution in [0.15, 0.2) is 0 Å². The maximum absolute atomic E-state index is 12.7. The number of hydrogen-bond donors (Lipinski definition) is 0. The molecular weight excluding hydrogens is 176 g/mol. The average Bonchev–Trinajstić information content (AvgIpc) is 2.04. The van der Waals surface area contributed by atoms with Gasteiger partial charge in [0.05, 0.1) is 0 Å². The number of hydrogen-bond acceptors (Lipinski definition) is 1. The maximum atomic E-state index is 12.7. The lowest BCUT2D eigenvalue weighted by Crippen LogP contribution is -2.42. The summed E-state index contributed by atoms with van der Waals surface area (Å²) in [7, 11) is 0. The van der Waals surface area contributed by atoms with Gasteiger partial charge in [-0.3, -0.25) is 4.79 Å². The van der Waals surface area contributed by atoms with Crippen LogP contribution in [-0.2, 0) is 4.79 Å². The van der Waals surface area contributed by atoms with E-state index in [1.165, 1.54) is 0 Å². The molecule has 0 aromatic carbocycles. The summed E-state index contributed by atoms with van der Waals surface area (Å²) >= 11 is 0. The van der Waals surface area contributed by atoms with Crippen molar-refractivity contribution in [3.63, 3.8) is 0 Å². The molecule has 76 valence electrons. The molecule has 0 N–H and O–H groups in total. The van der Waals surface area contributed by atoms with Crippen molar-refractivity contribution >= 4 is 5.91 Å². The van der Waals surface area contributed by atoms with E-state index in [0.717, 1.165) is 6.42 Å². The van der Waals surface area contributed by atoms with Crippen LogP contribution in [0.5, 0.6) is 0 Å². The van der Waals surface area contributed by atoms with Gasteiger partial charge in [0, 0.05) is 32.4 Å². The van der Waals surface area contributed by atoms with Crippen LogP contribution in [0.3, 0.4) is 0 Å². The maximum Gasteiger partial charge on any atom is 0.251 e. The molecule has 1 aliphatic heterocycles. The molecule has 0 spiro atoms. The number of likely N-dealkylation sites (tertiary alicyclic amines) is 1. The second-order valence-electron chi connectivity index (χ2n) is 3.49. The molecule has 0 aromatic heterocycles. The Kier molecular flexibility index (Phi) is 3.22. The quantitative estimate of drug-likeness (QED) is 0.654. The summed E-state index contributed by atoms with van der Waals surface area (Å²) in [5, 5.41) is 0. The molecule has 4 heteroatoms. The van der Waals surface area contributed by atoms with E-state index in [0.29, 0.717) is 6.42 Å². The zero-order valence-corrected chi connectivity index (χ0v) is 7.85. The summed E-state index contributed by atoms with van der Waals surface area (Å²) in [4.78, 5) is 12.8. The number of amides is 1. The van der Waals surface area contributed by atoms with Gasteiger partial charge in [-0.2, -0.15) is 0 Å². The fraction of sp³-hybridized carbons (Fsp3) is 0.889. The molecule has 1 aliphatic rings. The van der Waals surface area contributed by atoms with E-state index in [-0.39, 0.29) is 31.8 Å². The monoisotopic (exact) mass is 191 g/mol. The van der Waals surface area contributed by atoms with E-state index in [2.05, 4.69) is 0 Å². The third kappa shape index (κ3) is 2.94. The molecule has 0 radical (unpaired) electrons.